The number of anilines is 2. The van der Waals surface area contributed by atoms with Crippen molar-refractivity contribution < 1.29 is 9.59 Å². The molecule has 1 heterocycles. The van der Waals surface area contributed by atoms with Crippen LogP contribution in [0.1, 0.15) is 16.0 Å². The standard InChI is InChI=1S/C22H19BrN2O2S/c1-14-7-3-5-9-19(14)24-21(26)18(12-17-11-16(23)13-28-17)22(27)25-20-10-6-4-8-15(20)2/h3-13H,1-2H3,(H,24,26)(H,25,27). The molecular formula is C22H19BrN2O2S. The van der Waals surface area contributed by atoms with Crippen LogP contribution in [-0.2, 0) is 9.59 Å². The lowest BCUT2D eigenvalue weighted by atomic mass is 10.1. The van der Waals surface area contributed by atoms with E-state index < -0.39 is 11.8 Å². The summed E-state index contributed by atoms with van der Waals surface area (Å²) in [5, 5.41) is 7.59. The lowest BCUT2D eigenvalue weighted by molar-refractivity contribution is -0.118. The van der Waals surface area contributed by atoms with Crippen LogP contribution in [0.3, 0.4) is 0 Å². The van der Waals surface area contributed by atoms with Crippen molar-refractivity contribution in [2.75, 3.05) is 10.6 Å². The van der Waals surface area contributed by atoms with Crippen molar-refractivity contribution in [3.63, 3.8) is 0 Å². The number of halogens is 1. The minimum atomic E-state index is -0.454. The Balaban J connectivity index is 1.92. The SMILES string of the molecule is Cc1ccccc1NC(=O)C(=Cc1cc(Br)cs1)C(=O)Nc1ccccc1C. The Bertz CT molecular complexity index is 994. The van der Waals surface area contributed by atoms with Crippen molar-refractivity contribution in [2.45, 2.75) is 13.8 Å². The van der Waals surface area contributed by atoms with E-state index in [0.29, 0.717) is 11.4 Å². The molecule has 142 valence electrons. The Morgan fingerprint density at radius 2 is 1.39 bits per heavy atom. The third-order valence-electron chi connectivity index (χ3n) is 4.15. The van der Waals surface area contributed by atoms with Crippen molar-refractivity contribution in [2.24, 2.45) is 0 Å². The zero-order valence-corrected chi connectivity index (χ0v) is 17.9. The lowest BCUT2D eigenvalue weighted by Crippen LogP contribution is -2.25. The van der Waals surface area contributed by atoms with Crippen LogP contribution in [0.15, 0.2) is 70.0 Å². The molecule has 0 fully saturated rings. The highest BCUT2D eigenvalue weighted by Crippen LogP contribution is 2.24. The molecule has 0 bridgehead atoms. The highest BCUT2D eigenvalue weighted by Gasteiger charge is 2.20. The summed E-state index contributed by atoms with van der Waals surface area (Å²) in [6, 6.07) is 16.8. The molecule has 3 aromatic rings. The summed E-state index contributed by atoms with van der Waals surface area (Å²) in [6.45, 7) is 3.81. The van der Waals surface area contributed by atoms with Crippen molar-refractivity contribution in [1.29, 1.82) is 0 Å². The fourth-order valence-electron chi connectivity index (χ4n) is 2.59. The molecule has 1 aromatic heterocycles. The second kappa shape index (κ2) is 8.99. The second-order valence-corrected chi connectivity index (χ2v) is 8.12. The van der Waals surface area contributed by atoms with Crippen LogP contribution in [0.2, 0.25) is 0 Å². The van der Waals surface area contributed by atoms with Crippen molar-refractivity contribution in [3.8, 4) is 0 Å². The van der Waals surface area contributed by atoms with Crippen molar-refractivity contribution in [3.05, 3.63) is 86.0 Å². The van der Waals surface area contributed by atoms with Crippen LogP contribution in [0.25, 0.3) is 6.08 Å². The van der Waals surface area contributed by atoms with Gasteiger partial charge in [0.1, 0.15) is 5.57 Å². The third-order valence-corrected chi connectivity index (χ3v) is 5.79. The number of para-hydroxylation sites is 2. The number of benzene rings is 2. The first-order valence-electron chi connectivity index (χ1n) is 8.64. The fourth-order valence-corrected chi connectivity index (χ4v) is 3.96. The largest absolute Gasteiger partial charge is 0.322 e. The molecule has 0 spiro atoms. The maximum atomic E-state index is 12.9. The fraction of sp³-hybridized carbons (Fsp3) is 0.0909. The topological polar surface area (TPSA) is 58.2 Å². The van der Waals surface area contributed by atoms with Gasteiger partial charge in [-0.25, -0.2) is 0 Å². The minimum absolute atomic E-state index is 0.0425. The first-order valence-corrected chi connectivity index (χ1v) is 10.3. The Morgan fingerprint density at radius 1 is 0.893 bits per heavy atom. The predicted molar refractivity (Wildman–Crippen MR) is 120 cm³/mol. The lowest BCUT2D eigenvalue weighted by Gasteiger charge is -2.12. The molecule has 0 aliphatic carbocycles. The van der Waals surface area contributed by atoms with Gasteiger partial charge in [0.2, 0.25) is 0 Å². The number of hydrogen-bond donors (Lipinski definition) is 2. The summed E-state index contributed by atoms with van der Waals surface area (Å²) < 4.78 is 0.904. The number of thiophene rings is 1. The van der Waals surface area contributed by atoms with E-state index in [2.05, 4.69) is 26.6 Å². The molecule has 0 aliphatic rings. The highest BCUT2D eigenvalue weighted by molar-refractivity contribution is 9.10. The van der Waals surface area contributed by atoms with Gasteiger partial charge >= 0.3 is 0 Å². The van der Waals surface area contributed by atoms with E-state index in [1.807, 2.05) is 73.8 Å². The van der Waals surface area contributed by atoms with E-state index in [1.54, 1.807) is 6.08 Å². The van der Waals surface area contributed by atoms with E-state index in [0.717, 1.165) is 20.5 Å². The molecular weight excluding hydrogens is 436 g/mol. The average molecular weight is 455 g/mol. The Kier molecular flexibility index (Phi) is 6.44. The molecule has 0 aliphatic heterocycles. The summed E-state index contributed by atoms with van der Waals surface area (Å²) >= 11 is 4.85. The van der Waals surface area contributed by atoms with Crippen molar-refractivity contribution in [1.82, 2.24) is 0 Å². The van der Waals surface area contributed by atoms with Gasteiger partial charge in [0, 0.05) is 26.1 Å². The Morgan fingerprint density at radius 3 is 1.82 bits per heavy atom. The van der Waals surface area contributed by atoms with Gasteiger partial charge in [0.05, 0.1) is 0 Å². The average Bonchev–Trinajstić information content (AvgIpc) is 3.08. The molecule has 0 saturated heterocycles. The zero-order valence-electron chi connectivity index (χ0n) is 15.5. The van der Waals surface area contributed by atoms with E-state index in [9.17, 15) is 9.59 Å². The minimum Gasteiger partial charge on any atom is -0.322 e. The molecule has 4 nitrogen and oxygen atoms in total. The quantitative estimate of drug-likeness (QED) is 0.291. The molecule has 0 unspecified atom stereocenters. The smallest absolute Gasteiger partial charge is 0.261 e. The zero-order chi connectivity index (χ0) is 20.1. The van der Waals surface area contributed by atoms with Gasteiger partial charge in [-0.3, -0.25) is 9.59 Å². The van der Waals surface area contributed by atoms with Crippen LogP contribution >= 0.6 is 27.3 Å². The number of rotatable bonds is 5. The molecule has 2 N–H and O–H groups in total. The van der Waals surface area contributed by atoms with Gasteiger partial charge in [-0.2, -0.15) is 0 Å². The monoisotopic (exact) mass is 454 g/mol. The number of hydrogen-bond acceptors (Lipinski definition) is 3. The van der Waals surface area contributed by atoms with Gasteiger partial charge in [0.15, 0.2) is 0 Å². The number of carbonyl (C=O) groups excluding carboxylic acids is 2. The van der Waals surface area contributed by atoms with Crippen LogP contribution in [0.4, 0.5) is 11.4 Å². The number of nitrogens with one attached hydrogen (secondary N) is 2. The van der Waals surface area contributed by atoms with Gasteiger partial charge in [-0.05, 0) is 65.2 Å². The Hall–Kier alpha value is -2.70. The number of carbonyl (C=O) groups is 2. The van der Waals surface area contributed by atoms with E-state index in [1.165, 1.54) is 11.3 Å². The first-order chi connectivity index (χ1) is 13.4. The molecule has 6 heteroatoms. The second-order valence-electron chi connectivity index (χ2n) is 6.26. The van der Waals surface area contributed by atoms with Crippen LogP contribution in [0.5, 0.6) is 0 Å². The predicted octanol–water partition coefficient (Wildman–Crippen LogP) is 5.79. The summed E-state index contributed by atoms with van der Waals surface area (Å²) in [6.07, 6.45) is 1.61. The van der Waals surface area contributed by atoms with Gasteiger partial charge < -0.3 is 10.6 Å². The number of amides is 2. The van der Waals surface area contributed by atoms with Crippen LogP contribution < -0.4 is 10.6 Å². The first kappa shape index (κ1) is 20.0. The molecule has 0 radical (unpaired) electrons. The van der Waals surface area contributed by atoms with Gasteiger partial charge in [-0.1, -0.05) is 36.4 Å². The maximum absolute atomic E-state index is 12.9. The number of aryl methyl sites for hydroxylation is 2. The molecule has 0 atom stereocenters. The normalized spacial score (nSPS) is 10.2. The maximum Gasteiger partial charge on any atom is 0.261 e. The van der Waals surface area contributed by atoms with E-state index in [4.69, 9.17) is 0 Å². The van der Waals surface area contributed by atoms with Gasteiger partial charge in [-0.15, -0.1) is 11.3 Å². The molecule has 2 amide bonds. The van der Waals surface area contributed by atoms with Crippen molar-refractivity contribution >= 4 is 56.5 Å². The van der Waals surface area contributed by atoms with E-state index in [-0.39, 0.29) is 5.57 Å². The Labute approximate surface area is 176 Å². The third kappa shape index (κ3) is 4.97. The molecule has 0 saturated carbocycles. The summed E-state index contributed by atoms with van der Waals surface area (Å²) in [4.78, 5) is 26.7. The molecule has 28 heavy (non-hydrogen) atoms. The highest BCUT2D eigenvalue weighted by atomic mass is 79.9. The van der Waals surface area contributed by atoms with E-state index >= 15 is 0 Å². The molecule has 3 rings (SSSR count). The van der Waals surface area contributed by atoms with Crippen LogP contribution in [-0.4, -0.2) is 11.8 Å². The van der Waals surface area contributed by atoms with Crippen LogP contribution in [0, 0.1) is 13.8 Å². The summed E-state index contributed by atoms with van der Waals surface area (Å²) in [5.74, 6) is -0.908. The summed E-state index contributed by atoms with van der Waals surface area (Å²) in [5.41, 5.74) is 3.24. The molecule has 2 aromatic carbocycles. The summed E-state index contributed by atoms with van der Waals surface area (Å²) in [7, 11) is 0. The van der Waals surface area contributed by atoms with Gasteiger partial charge in [0.25, 0.3) is 11.8 Å².